The quantitative estimate of drug-likeness (QED) is 0.689. The summed E-state index contributed by atoms with van der Waals surface area (Å²) in [6.45, 7) is 6.72. The molecule has 2 atom stereocenters. The number of carbonyl (C=O) groups is 3. The number of nitrogens with zero attached hydrogens (tertiary/aromatic N) is 1. The Balaban J connectivity index is 2.13. The van der Waals surface area contributed by atoms with E-state index >= 15 is 0 Å². The number of sulfone groups is 1. The Bertz CT molecular complexity index is 888. The summed E-state index contributed by atoms with van der Waals surface area (Å²) in [5.74, 6) is -1.83. The summed E-state index contributed by atoms with van der Waals surface area (Å²) >= 11 is 0. The monoisotopic (exact) mass is 414 g/mol. The third kappa shape index (κ3) is 4.37. The number of nitrogens with one attached hydrogen (secondary N) is 1. The fourth-order valence-electron chi connectivity index (χ4n) is 3.48. The highest BCUT2D eigenvalue weighted by Crippen LogP contribution is 2.22. The van der Waals surface area contributed by atoms with Gasteiger partial charge in [-0.05, 0) is 39.7 Å². The molecule has 1 fully saturated rings. The Hall–Kier alpha value is -2.36. The van der Waals surface area contributed by atoms with E-state index in [9.17, 15) is 22.8 Å². The number of esters is 2. The maximum absolute atomic E-state index is 12.7. The number of rotatable bonds is 6. The first kappa shape index (κ1) is 21.9. The molecule has 2 rings (SSSR count). The van der Waals surface area contributed by atoms with Crippen LogP contribution in [0.4, 0.5) is 0 Å². The van der Waals surface area contributed by atoms with Crippen molar-refractivity contribution in [2.45, 2.75) is 46.3 Å². The molecule has 1 aliphatic heterocycles. The lowest BCUT2D eigenvalue weighted by Crippen LogP contribution is -2.46. The molecule has 0 spiro atoms. The highest BCUT2D eigenvalue weighted by molar-refractivity contribution is 7.91. The van der Waals surface area contributed by atoms with Crippen LogP contribution >= 0.6 is 0 Å². The van der Waals surface area contributed by atoms with E-state index in [-0.39, 0.29) is 22.8 Å². The number of aromatic amines is 1. The molecule has 1 aromatic rings. The Labute approximate surface area is 164 Å². The number of likely N-dealkylation sites (N-methyl/N-ethyl adjacent to an activating group) is 1. The predicted molar refractivity (Wildman–Crippen MR) is 101 cm³/mol. The molecule has 0 aromatic carbocycles. The second-order valence-electron chi connectivity index (χ2n) is 6.85. The normalized spacial score (nSPS) is 19.1. The first-order chi connectivity index (χ1) is 13.0. The number of aryl methyl sites for hydroxylation is 1. The molecule has 1 amide bonds. The van der Waals surface area contributed by atoms with Gasteiger partial charge in [0.25, 0.3) is 5.91 Å². The Kier molecular flexibility index (Phi) is 6.53. The maximum Gasteiger partial charge on any atom is 0.355 e. The number of hydrogen-bond acceptors (Lipinski definition) is 7. The lowest BCUT2D eigenvalue weighted by atomic mass is 10.1. The molecular weight excluding hydrogens is 388 g/mol. The van der Waals surface area contributed by atoms with Gasteiger partial charge in [-0.3, -0.25) is 4.79 Å². The summed E-state index contributed by atoms with van der Waals surface area (Å²) in [7, 11) is -1.90. The van der Waals surface area contributed by atoms with Gasteiger partial charge in [0.15, 0.2) is 15.9 Å². The van der Waals surface area contributed by atoms with Gasteiger partial charge in [0.2, 0.25) is 0 Å². The van der Waals surface area contributed by atoms with E-state index in [4.69, 9.17) is 9.47 Å². The van der Waals surface area contributed by atoms with Crippen LogP contribution in [0.15, 0.2) is 0 Å². The van der Waals surface area contributed by atoms with Gasteiger partial charge in [-0.15, -0.1) is 0 Å². The van der Waals surface area contributed by atoms with Gasteiger partial charge in [-0.2, -0.15) is 0 Å². The number of methoxy groups -OCH3 is 1. The number of carbonyl (C=O) groups excluding carboxylic acids is 3. The number of H-pyrrole nitrogens is 1. The number of ether oxygens (including phenoxy) is 2. The van der Waals surface area contributed by atoms with Crippen molar-refractivity contribution in [1.29, 1.82) is 0 Å². The SMILES string of the molecule is CCN(C(=O)[C@H](C)OC(=O)c1[nH]c(C)c(C(=O)OC)c1C)[C@H]1CCS(=O)(=O)C1. The van der Waals surface area contributed by atoms with Crippen molar-refractivity contribution in [1.82, 2.24) is 9.88 Å². The first-order valence-electron chi connectivity index (χ1n) is 9.01. The Morgan fingerprint density at radius 1 is 1.25 bits per heavy atom. The van der Waals surface area contributed by atoms with Gasteiger partial charge in [-0.1, -0.05) is 0 Å². The molecule has 2 heterocycles. The molecule has 0 unspecified atom stereocenters. The van der Waals surface area contributed by atoms with Crippen LogP contribution in [0.5, 0.6) is 0 Å². The molecule has 9 nitrogen and oxygen atoms in total. The summed E-state index contributed by atoms with van der Waals surface area (Å²) in [4.78, 5) is 41.3. The van der Waals surface area contributed by atoms with E-state index in [2.05, 4.69) is 4.98 Å². The topological polar surface area (TPSA) is 123 Å². The zero-order valence-electron chi connectivity index (χ0n) is 16.7. The van der Waals surface area contributed by atoms with Crippen molar-refractivity contribution in [3.63, 3.8) is 0 Å². The summed E-state index contributed by atoms with van der Waals surface area (Å²) in [6, 6.07) is -0.413. The maximum atomic E-state index is 12.7. The minimum Gasteiger partial charge on any atom is -0.465 e. The molecule has 0 aliphatic carbocycles. The molecule has 0 bridgehead atoms. The van der Waals surface area contributed by atoms with Gasteiger partial charge in [-0.25, -0.2) is 18.0 Å². The van der Waals surface area contributed by atoms with Crippen LogP contribution in [0.2, 0.25) is 0 Å². The largest absolute Gasteiger partial charge is 0.465 e. The van der Waals surface area contributed by atoms with Gasteiger partial charge in [0.05, 0.1) is 24.2 Å². The van der Waals surface area contributed by atoms with E-state index in [1.54, 1.807) is 20.8 Å². The average Bonchev–Trinajstić information content (AvgIpc) is 3.13. The first-order valence-corrected chi connectivity index (χ1v) is 10.8. The lowest BCUT2D eigenvalue weighted by molar-refractivity contribution is -0.141. The third-order valence-corrected chi connectivity index (χ3v) is 6.69. The van der Waals surface area contributed by atoms with Crippen LogP contribution in [0.3, 0.4) is 0 Å². The third-order valence-electron chi connectivity index (χ3n) is 4.94. The molecule has 28 heavy (non-hydrogen) atoms. The van der Waals surface area contributed by atoms with E-state index in [0.29, 0.717) is 24.2 Å². The van der Waals surface area contributed by atoms with Crippen molar-refractivity contribution >= 4 is 27.7 Å². The van der Waals surface area contributed by atoms with Crippen LogP contribution < -0.4 is 0 Å². The second-order valence-corrected chi connectivity index (χ2v) is 9.07. The fraction of sp³-hybridized carbons (Fsp3) is 0.611. The molecule has 1 aliphatic rings. The van der Waals surface area contributed by atoms with Gasteiger partial charge in [0.1, 0.15) is 5.69 Å². The molecule has 1 aromatic heterocycles. The van der Waals surface area contributed by atoms with Gasteiger partial charge in [0, 0.05) is 18.3 Å². The van der Waals surface area contributed by atoms with Crippen LogP contribution in [-0.4, -0.2) is 73.5 Å². The standard InChI is InChI=1S/C18H26N2O7S/c1-6-20(13-7-8-28(24,25)9-13)16(21)12(4)27-18(23)15-10(2)14(11(3)19-15)17(22)26-5/h12-13,19H,6-9H2,1-5H3/t12-,13-/m0/s1. The molecule has 1 N–H and O–H groups in total. The number of hydrogen-bond donors (Lipinski definition) is 1. The van der Waals surface area contributed by atoms with Crippen LogP contribution in [0, 0.1) is 13.8 Å². The van der Waals surface area contributed by atoms with E-state index < -0.39 is 39.8 Å². The van der Waals surface area contributed by atoms with E-state index in [1.165, 1.54) is 18.9 Å². The minimum absolute atomic E-state index is 0.0485. The Morgan fingerprint density at radius 2 is 1.89 bits per heavy atom. The predicted octanol–water partition coefficient (Wildman–Crippen LogP) is 0.999. The highest BCUT2D eigenvalue weighted by Gasteiger charge is 2.36. The van der Waals surface area contributed by atoms with Gasteiger partial charge >= 0.3 is 11.9 Å². The smallest absolute Gasteiger partial charge is 0.355 e. The summed E-state index contributed by atoms with van der Waals surface area (Å²) in [5, 5.41) is 0. The molecule has 156 valence electrons. The molecular formula is C18H26N2O7S. The summed E-state index contributed by atoms with van der Waals surface area (Å²) < 4.78 is 33.4. The second kappa shape index (κ2) is 8.34. The number of aromatic nitrogens is 1. The molecule has 10 heteroatoms. The van der Waals surface area contributed by atoms with Crippen molar-refractivity contribution in [3.8, 4) is 0 Å². The number of amides is 1. The highest BCUT2D eigenvalue weighted by atomic mass is 32.2. The fourth-order valence-corrected chi connectivity index (χ4v) is 5.21. The molecule has 1 saturated heterocycles. The van der Waals surface area contributed by atoms with Crippen molar-refractivity contribution in [2.24, 2.45) is 0 Å². The zero-order chi connectivity index (χ0) is 21.2. The summed E-state index contributed by atoms with van der Waals surface area (Å²) in [6.07, 6.45) is -0.722. The molecule has 0 radical (unpaired) electrons. The average molecular weight is 414 g/mol. The molecule has 0 saturated carbocycles. The van der Waals surface area contributed by atoms with Crippen molar-refractivity contribution in [2.75, 3.05) is 25.2 Å². The zero-order valence-corrected chi connectivity index (χ0v) is 17.5. The van der Waals surface area contributed by atoms with Crippen molar-refractivity contribution < 1.29 is 32.3 Å². The van der Waals surface area contributed by atoms with Gasteiger partial charge < -0.3 is 19.4 Å². The lowest BCUT2D eigenvalue weighted by Gasteiger charge is -2.29. The Morgan fingerprint density at radius 3 is 2.39 bits per heavy atom. The minimum atomic E-state index is -3.14. The van der Waals surface area contributed by atoms with Crippen LogP contribution in [0.25, 0.3) is 0 Å². The van der Waals surface area contributed by atoms with Crippen molar-refractivity contribution in [3.05, 3.63) is 22.5 Å². The van der Waals surface area contributed by atoms with E-state index in [1.807, 2.05) is 0 Å². The summed E-state index contributed by atoms with van der Waals surface area (Å²) in [5.41, 5.74) is 1.16. The van der Waals surface area contributed by atoms with Crippen LogP contribution in [-0.2, 0) is 24.1 Å². The van der Waals surface area contributed by atoms with Crippen LogP contribution in [0.1, 0.15) is 52.4 Å². The van der Waals surface area contributed by atoms with E-state index in [0.717, 1.165) is 0 Å².